The van der Waals surface area contributed by atoms with Crippen molar-refractivity contribution in [3.05, 3.63) is 30.1 Å². The van der Waals surface area contributed by atoms with Crippen molar-refractivity contribution in [1.29, 1.82) is 0 Å². The monoisotopic (exact) mass is 261 g/mol. The molecule has 2 aromatic rings. The molecule has 1 aromatic heterocycles. The van der Waals surface area contributed by atoms with Gasteiger partial charge in [-0.15, -0.1) is 0 Å². The Morgan fingerprint density at radius 3 is 2.95 bits per heavy atom. The van der Waals surface area contributed by atoms with Crippen molar-refractivity contribution in [2.45, 2.75) is 26.5 Å². The van der Waals surface area contributed by atoms with Crippen molar-refractivity contribution < 1.29 is 9.53 Å². The maximum Gasteiger partial charge on any atom is 0.248 e. The van der Waals surface area contributed by atoms with Gasteiger partial charge in [-0.3, -0.25) is 4.79 Å². The molecule has 2 rings (SSSR count). The summed E-state index contributed by atoms with van der Waals surface area (Å²) in [5, 5.41) is 2.85. The lowest BCUT2D eigenvalue weighted by molar-refractivity contribution is -0.130. The van der Waals surface area contributed by atoms with E-state index < -0.39 is 6.10 Å². The standard InChI is InChI=1S/C14H19N3O2/c1-10(19-3)14(18)15-8-9-17-11(2)16-12-6-4-5-7-13(12)17/h4-7,10H,8-9H2,1-3H3,(H,15,18). The van der Waals surface area contributed by atoms with Crippen LogP contribution in [0.5, 0.6) is 0 Å². The number of fused-ring (bicyclic) bond motifs is 1. The van der Waals surface area contributed by atoms with E-state index in [9.17, 15) is 4.79 Å². The number of hydrogen-bond donors (Lipinski definition) is 1. The summed E-state index contributed by atoms with van der Waals surface area (Å²) in [6, 6.07) is 7.99. The molecule has 0 spiro atoms. The van der Waals surface area contributed by atoms with E-state index in [4.69, 9.17) is 4.74 Å². The first-order chi connectivity index (χ1) is 9.13. The van der Waals surface area contributed by atoms with Gasteiger partial charge in [-0.1, -0.05) is 12.1 Å². The van der Waals surface area contributed by atoms with E-state index >= 15 is 0 Å². The van der Waals surface area contributed by atoms with Crippen LogP contribution in [0.15, 0.2) is 24.3 Å². The lowest BCUT2D eigenvalue weighted by Crippen LogP contribution is -2.35. The Morgan fingerprint density at radius 1 is 1.47 bits per heavy atom. The summed E-state index contributed by atoms with van der Waals surface area (Å²) in [7, 11) is 1.53. The number of benzene rings is 1. The Morgan fingerprint density at radius 2 is 2.21 bits per heavy atom. The first-order valence-electron chi connectivity index (χ1n) is 6.36. The molecule has 5 nitrogen and oxygen atoms in total. The van der Waals surface area contributed by atoms with E-state index in [2.05, 4.69) is 14.9 Å². The maximum atomic E-state index is 11.6. The summed E-state index contributed by atoms with van der Waals surface area (Å²) in [5.41, 5.74) is 2.07. The van der Waals surface area contributed by atoms with Crippen molar-refractivity contribution in [1.82, 2.24) is 14.9 Å². The minimum absolute atomic E-state index is 0.0930. The Bertz CT molecular complexity index is 577. The maximum absolute atomic E-state index is 11.6. The Hall–Kier alpha value is -1.88. The molecule has 0 aliphatic heterocycles. The summed E-state index contributed by atoms with van der Waals surface area (Å²) in [6.45, 7) is 4.97. The number of methoxy groups -OCH3 is 1. The van der Waals surface area contributed by atoms with Crippen molar-refractivity contribution in [3.63, 3.8) is 0 Å². The molecule has 1 unspecified atom stereocenters. The highest BCUT2D eigenvalue weighted by atomic mass is 16.5. The SMILES string of the molecule is COC(C)C(=O)NCCn1c(C)nc2ccccc21. The summed E-state index contributed by atoms with van der Waals surface area (Å²) in [4.78, 5) is 16.1. The number of imidazole rings is 1. The number of nitrogens with zero attached hydrogens (tertiary/aromatic N) is 2. The number of ether oxygens (including phenoxy) is 1. The topological polar surface area (TPSA) is 56.1 Å². The molecule has 0 aliphatic carbocycles. The van der Waals surface area contributed by atoms with Gasteiger partial charge in [0, 0.05) is 20.2 Å². The zero-order valence-corrected chi connectivity index (χ0v) is 11.5. The molecular formula is C14H19N3O2. The molecule has 0 fully saturated rings. The highest BCUT2D eigenvalue weighted by Gasteiger charge is 2.11. The highest BCUT2D eigenvalue weighted by molar-refractivity contribution is 5.80. The zero-order valence-electron chi connectivity index (χ0n) is 11.5. The average Bonchev–Trinajstić information content (AvgIpc) is 2.74. The number of aryl methyl sites for hydroxylation is 1. The summed E-state index contributed by atoms with van der Waals surface area (Å²) < 4.78 is 7.07. The van der Waals surface area contributed by atoms with Crippen LogP contribution in [0.25, 0.3) is 11.0 Å². The number of carbonyl (C=O) groups is 1. The second-order valence-electron chi connectivity index (χ2n) is 4.47. The van der Waals surface area contributed by atoms with E-state index in [1.807, 2.05) is 31.2 Å². The third kappa shape index (κ3) is 2.93. The number of para-hydroxylation sites is 2. The molecule has 102 valence electrons. The van der Waals surface area contributed by atoms with Crippen LogP contribution in [-0.4, -0.2) is 35.2 Å². The number of hydrogen-bond acceptors (Lipinski definition) is 3. The van der Waals surface area contributed by atoms with Gasteiger partial charge in [-0.25, -0.2) is 4.98 Å². The van der Waals surface area contributed by atoms with Gasteiger partial charge in [-0.05, 0) is 26.0 Å². The van der Waals surface area contributed by atoms with Crippen LogP contribution in [0.4, 0.5) is 0 Å². The van der Waals surface area contributed by atoms with Crippen LogP contribution >= 0.6 is 0 Å². The van der Waals surface area contributed by atoms with Crippen molar-refractivity contribution in [2.24, 2.45) is 0 Å². The first-order valence-corrected chi connectivity index (χ1v) is 6.36. The van der Waals surface area contributed by atoms with Gasteiger partial charge >= 0.3 is 0 Å². The molecular weight excluding hydrogens is 242 g/mol. The number of aromatic nitrogens is 2. The largest absolute Gasteiger partial charge is 0.372 e. The van der Waals surface area contributed by atoms with Gasteiger partial charge in [-0.2, -0.15) is 0 Å². The molecule has 5 heteroatoms. The fourth-order valence-corrected chi connectivity index (χ4v) is 2.02. The lowest BCUT2D eigenvalue weighted by atomic mass is 10.3. The van der Waals surface area contributed by atoms with Gasteiger partial charge in [0.05, 0.1) is 11.0 Å². The quantitative estimate of drug-likeness (QED) is 0.887. The number of rotatable bonds is 5. The predicted octanol–water partition coefficient (Wildman–Crippen LogP) is 1.50. The van der Waals surface area contributed by atoms with Gasteiger partial charge in [0.1, 0.15) is 11.9 Å². The average molecular weight is 261 g/mol. The highest BCUT2D eigenvalue weighted by Crippen LogP contribution is 2.14. The van der Waals surface area contributed by atoms with E-state index in [1.54, 1.807) is 6.92 Å². The van der Waals surface area contributed by atoms with Crippen LogP contribution in [0.3, 0.4) is 0 Å². The normalized spacial score (nSPS) is 12.6. The summed E-state index contributed by atoms with van der Waals surface area (Å²) in [6.07, 6.45) is -0.416. The van der Waals surface area contributed by atoms with Gasteiger partial charge in [0.2, 0.25) is 5.91 Å². The van der Waals surface area contributed by atoms with Gasteiger partial charge in [0.15, 0.2) is 0 Å². The molecule has 0 saturated heterocycles. The smallest absolute Gasteiger partial charge is 0.248 e. The number of nitrogens with one attached hydrogen (secondary N) is 1. The first kappa shape index (κ1) is 13.5. The van der Waals surface area contributed by atoms with Crippen LogP contribution in [0.1, 0.15) is 12.7 Å². The van der Waals surface area contributed by atoms with E-state index in [0.717, 1.165) is 16.9 Å². The van der Waals surface area contributed by atoms with E-state index in [-0.39, 0.29) is 5.91 Å². The predicted molar refractivity (Wildman–Crippen MR) is 74.0 cm³/mol. The minimum Gasteiger partial charge on any atom is -0.372 e. The van der Waals surface area contributed by atoms with Crippen LogP contribution in [-0.2, 0) is 16.1 Å². The Labute approximate surface area is 112 Å². The van der Waals surface area contributed by atoms with Crippen LogP contribution < -0.4 is 5.32 Å². The molecule has 0 aliphatic rings. The number of carbonyl (C=O) groups excluding carboxylic acids is 1. The second kappa shape index (κ2) is 5.84. The molecule has 1 heterocycles. The zero-order chi connectivity index (χ0) is 13.8. The molecule has 1 amide bonds. The molecule has 0 bridgehead atoms. The Kier molecular flexibility index (Phi) is 4.16. The molecule has 1 N–H and O–H groups in total. The number of amides is 1. The van der Waals surface area contributed by atoms with Crippen LogP contribution in [0.2, 0.25) is 0 Å². The van der Waals surface area contributed by atoms with Gasteiger partial charge < -0.3 is 14.6 Å². The molecule has 1 aromatic carbocycles. The fraction of sp³-hybridized carbons (Fsp3) is 0.429. The van der Waals surface area contributed by atoms with Crippen LogP contribution in [0, 0.1) is 6.92 Å². The van der Waals surface area contributed by atoms with Gasteiger partial charge in [0.25, 0.3) is 0 Å². The Balaban J connectivity index is 2.02. The minimum atomic E-state index is -0.416. The van der Waals surface area contributed by atoms with Crippen molar-refractivity contribution in [2.75, 3.05) is 13.7 Å². The molecule has 1 atom stereocenters. The third-order valence-corrected chi connectivity index (χ3v) is 3.20. The van der Waals surface area contributed by atoms with Crippen molar-refractivity contribution >= 4 is 16.9 Å². The van der Waals surface area contributed by atoms with E-state index in [1.165, 1.54) is 7.11 Å². The molecule has 0 radical (unpaired) electrons. The summed E-state index contributed by atoms with van der Waals surface area (Å²) >= 11 is 0. The van der Waals surface area contributed by atoms with E-state index in [0.29, 0.717) is 13.1 Å². The second-order valence-corrected chi connectivity index (χ2v) is 4.47. The molecule has 19 heavy (non-hydrogen) atoms. The third-order valence-electron chi connectivity index (χ3n) is 3.20. The summed E-state index contributed by atoms with van der Waals surface area (Å²) in [5.74, 6) is 0.861. The van der Waals surface area contributed by atoms with Crippen molar-refractivity contribution in [3.8, 4) is 0 Å². The fourth-order valence-electron chi connectivity index (χ4n) is 2.02. The molecule has 0 saturated carbocycles. The lowest BCUT2D eigenvalue weighted by Gasteiger charge is -2.11.